The SMILES string of the molecule is O=C(O)C[C@H](NC(=O)C1CC2(C1)CN(CCCc1ccc3c(n1)NCCC3)C2)c1cc(Cl)cc(Cl)c1. The summed E-state index contributed by atoms with van der Waals surface area (Å²) in [4.78, 5) is 31.5. The second kappa shape index (κ2) is 10.6. The van der Waals surface area contributed by atoms with E-state index in [0.717, 1.165) is 69.8 Å². The molecule has 3 aliphatic rings. The number of likely N-dealkylation sites (tertiary alicyclic amines) is 1. The van der Waals surface area contributed by atoms with E-state index in [2.05, 4.69) is 27.7 Å². The third kappa shape index (κ3) is 5.79. The molecule has 1 aliphatic carbocycles. The molecule has 3 N–H and O–H groups in total. The van der Waals surface area contributed by atoms with Gasteiger partial charge in [0.25, 0.3) is 0 Å². The molecule has 2 aromatic rings. The van der Waals surface area contributed by atoms with Gasteiger partial charge in [-0.1, -0.05) is 29.3 Å². The molecule has 2 fully saturated rings. The number of benzene rings is 1. The predicted molar refractivity (Wildman–Crippen MR) is 141 cm³/mol. The molecule has 0 unspecified atom stereocenters. The van der Waals surface area contributed by atoms with E-state index in [1.807, 2.05) is 0 Å². The fraction of sp³-hybridized carbons (Fsp3) is 0.519. The zero-order chi connectivity index (χ0) is 25.3. The Morgan fingerprint density at radius 2 is 1.94 bits per heavy atom. The summed E-state index contributed by atoms with van der Waals surface area (Å²) < 4.78 is 0. The van der Waals surface area contributed by atoms with Crippen molar-refractivity contribution >= 4 is 40.9 Å². The first-order valence-electron chi connectivity index (χ1n) is 12.7. The lowest BCUT2D eigenvalue weighted by atomic mass is 9.57. The Hall–Kier alpha value is -2.35. The maximum atomic E-state index is 12.9. The molecule has 0 radical (unpaired) electrons. The predicted octanol–water partition coefficient (Wildman–Crippen LogP) is 4.72. The van der Waals surface area contributed by atoms with Gasteiger partial charge in [-0.25, -0.2) is 4.98 Å². The normalized spacial score (nSPS) is 19.5. The maximum absolute atomic E-state index is 12.9. The fourth-order valence-corrected chi connectivity index (χ4v) is 6.52. The van der Waals surface area contributed by atoms with Crippen LogP contribution in [-0.2, 0) is 22.4 Å². The van der Waals surface area contributed by atoms with Crippen molar-refractivity contribution in [2.24, 2.45) is 11.3 Å². The number of aryl methyl sites for hydroxylation is 2. The molecule has 0 bridgehead atoms. The van der Waals surface area contributed by atoms with Gasteiger partial charge in [0, 0.05) is 41.3 Å². The number of amides is 1. The number of aliphatic carboxylic acids is 1. The van der Waals surface area contributed by atoms with E-state index in [1.54, 1.807) is 18.2 Å². The van der Waals surface area contributed by atoms with Crippen molar-refractivity contribution in [2.45, 2.75) is 51.0 Å². The average molecular weight is 531 g/mol. The number of anilines is 1. The minimum atomic E-state index is -0.988. The van der Waals surface area contributed by atoms with Gasteiger partial charge in [0.1, 0.15) is 5.82 Å². The fourth-order valence-electron chi connectivity index (χ4n) is 5.97. The number of rotatable bonds is 9. The molecular formula is C27H32Cl2N4O3. The van der Waals surface area contributed by atoms with E-state index in [-0.39, 0.29) is 23.7 Å². The number of hydrogen-bond donors (Lipinski definition) is 3. The molecule has 36 heavy (non-hydrogen) atoms. The highest BCUT2D eigenvalue weighted by molar-refractivity contribution is 6.34. The molecule has 1 aromatic carbocycles. The summed E-state index contributed by atoms with van der Waals surface area (Å²) in [5.74, 6) is -0.0960. The average Bonchev–Trinajstić information content (AvgIpc) is 2.77. The Morgan fingerprint density at radius 3 is 2.67 bits per heavy atom. The zero-order valence-corrected chi connectivity index (χ0v) is 21.7. The van der Waals surface area contributed by atoms with Gasteiger partial charge in [0.15, 0.2) is 0 Å². The van der Waals surface area contributed by atoms with Crippen molar-refractivity contribution < 1.29 is 14.7 Å². The van der Waals surface area contributed by atoms with E-state index in [9.17, 15) is 14.7 Å². The number of carbonyl (C=O) groups excluding carboxylic acids is 1. The number of carbonyl (C=O) groups is 2. The second-order valence-electron chi connectivity index (χ2n) is 10.6. The van der Waals surface area contributed by atoms with Crippen molar-refractivity contribution in [3.8, 4) is 0 Å². The van der Waals surface area contributed by atoms with Crippen molar-refractivity contribution in [1.82, 2.24) is 15.2 Å². The standard InChI is InChI=1S/C27H32Cl2N4O3/c28-20-9-18(10-21(29)11-20)23(12-24(34)35)32-26(36)19-13-27(14-19)15-33(16-27)8-2-4-22-6-5-17-3-1-7-30-25(17)31-22/h5-6,9-11,19,23H,1-4,7-8,12-16H2,(H,30,31)(H,32,36)(H,34,35)/t23-/m0/s1. The largest absolute Gasteiger partial charge is 0.481 e. The lowest BCUT2D eigenvalue weighted by Crippen LogP contribution is -2.64. The number of nitrogens with zero attached hydrogens (tertiary/aromatic N) is 2. The lowest BCUT2D eigenvalue weighted by molar-refractivity contribution is -0.145. The topological polar surface area (TPSA) is 94.6 Å². The van der Waals surface area contributed by atoms with E-state index in [1.165, 1.54) is 12.0 Å². The van der Waals surface area contributed by atoms with Crippen molar-refractivity contribution in [3.63, 3.8) is 0 Å². The molecule has 1 atom stereocenters. The Balaban J connectivity index is 1.06. The number of aromatic nitrogens is 1. The summed E-state index contributed by atoms with van der Waals surface area (Å²) in [6.07, 6.45) is 5.82. The van der Waals surface area contributed by atoms with E-state index in [0.29, 0.717) is 15.6 Å². The first-order valence-corrected chi connectivity index (χ1v) is 13.5. The van der Waals surface area contributed by atoms with E-state index in [4.69, 9.17) is 28.2 Å². The van der Waals surface area contributed by atoms with Crippen molar-refractivity contribution in [2.75, 3.05) is 31.5 Å². The van der Waals surface area contributed by atoms with Crippen molar-refractivity contribution in [3.05, 3.63) is 57.2 Å². The maximum Gasteiger partial charge on any atom is 0.305 e. The van der Waals surface area contributed by atoms with Crippen LogP contribution in [0.2, 0.25) is 10.0 Å². The summed E-state index contributed by atoms with van der Waals surface area (Å²) in [6, 6.07) is 8.61. The van der Waals surface area contributed by atoms with Crippen molar-refractivity contribution in [1.29, 1.82) is 0 Å². The Kier molecular flexibility index (Phi) is 7.42. The van der Waals surface area contributed by atoms with Gasteiger partial charge in [0.2, 0.25) is 5.91 Å². The van der Waals surface area contributed by atoms with Gasteiger partial charge in [-0.15, -0.1) is 0 Å². The molecule has 1 spiro atoms. The molecule has 1 amide bonds. The molecule has 2 aliphatic heterocycles. The van der Waals surface area contributed by atoms with Crippen LogP contribution in [0.25, 0.3) is 0 Å². The van der Waals surface area contributed by atoms with Gasteiger partial charge < -0.3 is 20.6 Å². The molecule has 7 nitrogen and oxygen atoms in total. The van der Waals surface area contributed by atoms with Gasteiger partial charge in [-0.05, 0) is 85.9 Å². The molecular weight excluding hydrogens is 499 g/mol. The summed E-state index contributed by atoms with van der Waals surface area (Å²) in [6.45, 7) is 4.10. The van der Waals surface area contributed by atoms with Crippen LogP contribution in [0.4, 0.5) is 5.82 Å². The monoisotopic (exact) mass is 530 g/mol. The second-order valence-corrected chi connectivity index (χ2v) is 11.5. The van der Waals surface area contributed by atoms with Gasteiger partial charge >= 0.3 is 5.97 Å². The van der Waals surface area contributed by atoms with Crippen LogP contribution in [0.5, 0.6) is 0 Å². The highest BCUT2D eigenvalue weighted by Crippen LogP contribution is 2.52. The lowest BCUT2D eigenvalue weighted by Gasteiger charge is -2.59. The van der Waals surface area contributed by atoms with Crippen LogP contribution in [0.15, 0.2) is 30.3 Å². The molecule has 192 valence electrons. The minimum Gasteiger partial charge on any atom is -0.481 e. The highest BCUT2D eigenvalue weighted by atomic mass is 35.5. The quantitative estimate of drug-likeness (QED) is 0.434. The van der Waals surface area contributed by atoms with Crippen LogP contribution in [-0.4, -0.2) is 53.0 Å². The zero-order valence-electron chi connectivity index (χ0n) is 20.2. The highest BCUT2D eigenvalue weighted by Gasteiger charge is 2.54. The number of halogens is 2. The number of fused-ring (bicyclic) bond motifs is 1. The van der Waals surface area contributed by atoms with Gasteiger partial charge in [-0.2, -0.15) is 0 Å². The summed E-state index contributed by atoms with van der Waals surface area (Å²) in [5.41, 5.74) is 3.31. The van der Waals surface area contributed by atoms with E-state index < -0.39 is 12.0 Å². The number of carboxylic acid groups (broad SMARTS) is 1. The molecule has 5 rings (SSSR count). The van der Waals surface area contributed by atoms with Gasteiger partial charge in [-0.3, -0.25) is 9.59 Å². The van der Waals surface area contributed by atoms with Crippen LogP contribution in [0.1, 0.15) is 55.0 Å². The molecule has 1 saturated carbocycles. The third-order valence-electron chi connectivity index (χ3n) is 7.69. The minimum absolute atomic E-state index is 0.0784. The number of nitrogens with one attached hydrogen (secondary N) is 2. The van der Waals surface area contributed by atoms with Crippen LogP contribution in [0, 0.1) is 11.3 Å². The molecule has 1 aromatic heterocycles. The number of pyridine rings is 1. The number of hydrogen-bond acceptors (Lipinski definition) is 5. The third-order valence-corrected chi connectivity index (χ3v) is 8.13. The van der Waals surface area contributed by atoms with Crippen LogP contribution in [0.3, 0.4) is 0 Å². The first kappa shape index (κ1) is 25.3. The van der Waals surface area contributed by atoms with Crippen LogP contribution >= 0.6 is 23.2 Å². The number of carboxylic acids is 1. The molecule has 9 heteroatoms. The summed E-state index contributed by atoms with van der Waals surface area (Å²) in [5, 5.41) is 16.5. The Labute approximate surface area is 221 Å². The Bertz CT molecular complexity index is 1120. The molecule has 1 saturated heterocycles. The van der Waals surface area contributed by atoms with Crippen LogP contribution < -0.4 is 10.6 Å². The summed E-state index contributed by atoms with van der Waals surface area (Å²) in [7, 11) is 0. The molecule has 3 heterocycles. The smallest absolute Gasteiger partial charge is 0.305 e. The Morgan fingerprint density at radius 1 is 1.19 bits per heavy atom. The van der Waals surface area contributed by atoms with Gasteiger partial charge in [0.05, 0.1) is 12.5 Å². The summed E-state index contributed by atoms with van der Waals surface area (Å²) >= 11 is 12.2. The first-order chi connectivity index (χ1) is 17.3. The van der Waals surface area contributed by atoms with E-state index >= 15 is 0 Å².